The molecule has 0 saturated carbocycles. The lowest BCUT2D eigenvalue weighted by atomic mass is 10.4. The van der Waals surface area contributed by atoms with E-state index in [0.29, 0.717) is 13.0 Å². The molecule has 1 amide bonds. The molecule has 3 N–H and O–H groups in total. The normalized spacial score (nSPS) is 10.6. The lowest BCUT2D eigenvalue weighted by Crippen LogP contribution is -2.40. The van der Waals surface area contributed by atoms with Crippen LogP contribution in [0.5, 0.6) is 0 Å². The highest BCUT2D eigenvalue weighted by atomic mass is 127. The third-order valence-electron chi connectivity index (χ3n) is 2.85. The van der Waals surface area contributed by atoms with E-state index in [9.17, 15) is 4.79 Å². The van der Waals surface area contributed by atoms with Crippen molar-refractivity contribution in [1.29, 1.82) is 0 Å². The van der Waals surface area contributed by atoms with Crippen molar-refractivity contribution in [3.05, 3.63) is 30.3 Å². The molecule has 1 aromatic rings. The lowest BCUT2D eigenvalue weighted by Gasteiger charge is -2.11. The molecule has 7 heteroatoms. The molecule has 0 aliphatic heterocycles. The molecule has 0 heterocycles. The van der Waals surface area contributed by atoms with Gasteiger partial charge in [-0.05, 0) is 18.6 Å². The minimum absolute atomic E-state index is 0. The number of thioether (sulfide) groups is 1. The molecule has 0 aliphatic rings. The average Bonchev–Trinajstić information content (AvgIpc) is 2.56. The number of guanidine groups is 1. The predicted molar refractivity (Wildman–Crippen MR) is 110 cm³/mol. The molecule has 0 spiro atoms. The van der Waals surface area contributed by atoms with Crippen LogP contribution in [-0.2, 0) is 4.79 Å². The van der Waals surface area contributed by atoms with E-state index in [0.717, 1.165) is 31.2 Å². The van der Waals surface area contributed by atoms with E-state index in [1.165, 1.54) is 4.90 Å². The molecule has 0 radical (unpaired) electrons. The van der Waals surface area contributed by atoms with Gasteiger partial charge >= 0.3 is 0 Å². The maximum atomic E-state index is 11.5. The first-order valence-corrected chi connectivity index (χ1v) is 8.64. The molecular formula is C16H27IN4OS. The van der Waals surface area contributed by atoms with Crippen molar-refractivity contribution >= 4 is 47.6 Å². The Kier molecular flexibility index (Phi) is 14.0. The van der Waals surface area contributed by atoms with E-state index in [-0.39, 0.29) is 29.9 Å². The summed E-state index contributed by atoms with van der Waals surface area (Å²) in [6.07, 6.45) is 1.42. The summed E-state index contributed by atoms with van der Waals surface area (Å²) in [7, 11) is 1.73. The molecule has 0 unspecified atom stereocenters. The van der Waals surface area contributed by atoms with E-state index in [2.05, 4.69) is 33.1 Å². The standard InChI is InChI=1S/C16H26N4OS.HI/c1-3-10-18-15(21)9-11-19-16(17-2)20-12-13-22-14-7-5-4-6-8-14;/h4-8H,3,9-13H2,1-2H3,(H,18,21)(H2,17,19,20);1H. The second kappa shape index (κ2) is 14.6. The minimum atomic E-state index is 0. The fraction of sp³-hybridized carbons (Fsp3) is 0.500. The van der Waals surface area contributed by atoms with Crippen molar-refractivity contribution in [2.45, 2.75) is 24.7 Å². The van der Waals surface area contributed by atoms with Crippen molar-refractivity contribution in [3.63, 3.8) is 0 Å². The van der Waals surface area contributed by atoms with Crippen LogP contribution in [0.15, 0.2) is 40.2 Å². The topological polar surface area (TPSA) is 65.5 Å². The third kappa shape index (κ3) is 11.2. The van der Waals surface area contributed by atoms with Crippen molar-refractivity contribution in [2.24, 2.45) is 4.99 Å². The van der Waals surface area contributed by atoms with Crippen molar-refractivity contribution in [1.82, 2.24) is 16.0 Å². The van der Waals surface area contributed by atoms with Gasteiger partial charge in [-0.3, -0.25) is 9.79 Å². The zero-order valence-corrected chi connectivity index (χ0v) is 16.9. The number of benzene rings is 1. The monoisotopic (exact) mass is 450 g/mol. The van der Waals surface area contributed by atoms with Gasteiger partial charge in [0.25, 0.3) is 0 Å². The van der Waals surface area contributed by atoms with Crippen LogP contribution in [-0.4, -0.2) is 44.3 Å². The largest absolute Gasteiger partial charge is 0.356 e. The van der Waals surface area contributed by atoms with Crippen molar-refractivity contribution in [3.8, 4) is 0 Å². The number of hydrogen-bond donors (Lipinski definition) is 3. The number of amides is 1. The van der Waals surface area contributed by atoms with E-state index in [1.807, 2.05) is 25.1 Å². The highest BCUT2D eigenvalue weighted by Crippen LogP contribution is 2.15. The first-order valence-electron chi connectivity index (χ1n) is 7.65. The summed E-state index contributed by atoms with van der Waals surface area (Å²) < 4.78 is 0. The van der Waals surface area contributed by atoms with Crippen LogP contribution in [0.25, 0.3) is 0 Å². The Hall–Kier alpha value is -0.960. The average molecular weight is 450 g/mol. The molecule has 0 aliphatic carbocycles. The zero-order valence-electron chi connectivity index (χ0n) is 13.8. The third-order valence-corrected chi connectivity index (χ3v) is 3.86. The van der Waals surface area contributed by atoms with Gasteiger partial charge < -0.3 is 16.0 Å². The van der Waals surface area contributed by atoms with Crippen LogP contribution in [0.4, 0.5) is 0 Å². The number of halogens is 1. The summed E-state index contributed by atoms with van der Waals surface area (Å²) in [5.41, 5.74) is 0. The molecule has 0 saturated heterocycles. The fourth-order valence-electron chi connectivity index (χ4n) is 1.72. The van der Waals surface area contributed by atoms with Gasteiger partial charge in [0.1, 0.15) is 0 Å². The SMILES string of the molecule is CCCNC(=O)CCNC(=NC)NCCSc1ccccc1.I. The zero-order chi connectivity index (χ0) is 16.0. The molecule has 130 valence electrons. The van der Waals surface area contributed by atoms with E-state index in [1.54, 1.807) is 18.8 Å². The summed E-state index contributed by atoms with van der Waals surface area (Å²) in [5, 5.41) is 9.24. The Morgan fingerprint density at radius 1 is 1.09 bits per heavy atom. The van der Waals surface area contributed by atoms with Gasteiger partial charge in [0.2, 0.25) is 5.91 Å². The Labute approximate surface area is 160 Å². The molecule has 1 rings (SSSR count). The van der Waals surface area contributed by atoms with Crippen LogP contribution >= 0.6 is 35.7 Å². The molecule has 1 aromatic carbocycles. The summed E-state index contributed by atoms with van der Waals surface area (Å²) in [6, 6.07) is 10.3. The fourth-order valence-corrected chi connectivity index (χ4v) is 2.51. The number of nitrogens with one attached hydrogen (secondary N) is 3. The van der Waals surface area contributed by atoms with E-state index >= 15 is 0 Å². The highest BCUT2D eigenvalue weighted by molar-refractivity contribution is 14.0. The molecule has 0 bridgehead atoms. The van der Waals surface area contributed by atoms with Gasteiger partial charge in [-0.15, -0.1) is 35.7 Å². The summed E-state index contributed by atoms with van der Waals surface area (Å²) in [6.45, 7) is 4.18. The highest BCUT2D eigenvalue weighted by Gasteiger charge is 2.01. The molecule has 23 heavy (non-hydrogen) atoms. The summed E-state index contributed by atoms with van der Waals surface area (Å²) >= 11 is 1.80. The van der Waals surface area contributed by atoms with Gasteiger partial charge in [0, 0.05) is 43.8 Å². The van der Waals surface area contributed by atoms with E-state index in [4.69, 9.17) is 0 Å². The smallest absolute Gasteiger partial charge is 0.221 e. The summed E-state index contributed by atoms with van der Waals surface area (Å²) in [4.78, 5) is 16.9. The van der Waals surface area contributed by atoms with Crippen molar-refractivity contribution < 1.29 is 4.79 Å². The number of hydrogen-bond acceptors (Lipinski definition) is 3. The van der Waals surface area contributed by atoms with Crippen LogP contribution in [0.1, 0.15) is 19.8 Å². The van der Waals surface area contributed by atoms with Crippen LogP contribution in [0, 0.1) is 0 Å². The summed E-state index contributed by atoms with van der Waals surface area (Å²) in [5.74, 6) is 1.77. The number of carbonyl (C=O) groups excluding carboxylic acids is 1. The Morgan fingerprint density at radius 2 is 1.78 bits per heavy atom. The Balaban J connectivity index is 0.00000484. The number of aliphatic imine (C=N–C) groups is 1. The lowest BCUT2D eigenvalue weighted by molar-refractivity contribution is -0.120. The maximum Gasteiger partial charge on any atom is 0.221 e. The van der Waals surface area contributed by atoms with Gasteiger partial charge in [-0.2, -0.15) is 0 Å². The van der Waals surface area contributed by atoms with Gasteiger partial charge in [-0.25, -0.2) is 0 Å². The van der Waals surface area contributed by atoms with Crippen LogP contribution in [0.3, 0.4) is 0 Å². The Morgan fingerprint density at radius 3 is 2.43 bits per heavy atom. The van der Waals surface area contributed by atoms with Gasteiger partial charge in [-0.1, -0.05) is 25.1 Å². The number of rotatable bonds is 9. The molecule has 5 nitrogen and oxygen atoms in total. The molecule has 0 atom stereocenters. The molecular weight excluding hydrogens is 423 g/mol. The quantitative estimate of drug-likeness (QED) is 0.178. The first kappa shape index (κ1) is 22.0. The second-order valence-electron chi connectivity index (χ2n) is 4.69. The molecule has 0 aromatic heterocycles. The van der Waals surface area contributed by atoms with Gasteiger partial charge in [0.15, 0.2) is 5.96 Å². The van der Waals surface area contributed by atoms with Crippen LogP contribution < -0.4 is 16.0 Å². The van der Waals surface area contributed by atoms with Crippen LogP contribution in [0.2, 0.25) is 0 Å². The number of nitrogens with zero attached hydrogens (tertiary/aromatic N) is 1. The maximum absolute atomic E-state index is 11.5. The predicted octanol–water partition coefficient (Wildman–Crippen LogP) is 2.48. The number of carbonyl (C=O) groups is 1. The van der Waals surface area contributed by atoms with Gasteiger partial charge in [0.05, 0.1) is 0 Å². The van der Waals surface area contributed by atoms with E-state index < -0.39 is 0 Å². The first-order chi connectivity index (χ1) is 10.8. The minimum Gasteiger partial charge on any atom is -0.356 e. The molecule has 0 fully saturated rings. The Bertz CT molecular complexity index is 457. The van der Waals surface area contributed by atoms with Crippen molar-refractivity contribution in [2.75, 3.05) is 32.4 Å². The second-order valence-corrected chi connectivity index (χ2v) is 5.86.